The lowest BCUT2D eigenvalue weighted by molar-refractivity contribution is -0.137. The van der Waals surface area contributed by atoms with Crippen LogP contribution in [0.5, 0.6) is 0 Å². The largest absolute Gasteiger partial charge is 0.481 e. The molecule has 3 unspecified atom stereocenters. The predicted molar refractivity (Wildman–Crippen MR) is 132 cm³/mol. The summed E-state index contributed by atoms with van der Waals surface area (Å²) in [6.07, 6.45) is 25.9. The highest BCUT2D eigenvalue weighted by Crippen LogP contribution is 2.65. The Balaban J connectivity index is 0.000000361. The van der Waals surface area contributed by atoms with E-state index in [2.05, 4.69) is 52.0 Å². The maximum atomic E-state index is 10.3. The number of aliphatic hydroxyl groups excluding tert-OH is 1. The summed E-state index contributed by atoms with van der Waals surface area (Å²) in [6.45, 7) is 9.13. The lowest BCUT2D eigenvalue weighted by atomic mass is 9.70. The molecule has 2 saturated carbocycles. The normalized spacial score (nSPS) is 26.5. The van der Waals surface area contributed by atoms with Crippen LogP contribution in [0.2, 0.25) is 0 Å². The number of carboxylic acid groups (broad SMARTS) is 1. The molecule has 0 spiro atoms. The molecule has 2 aliphatic carbocycles. The predicted octanol–water partition coefficient (Wildman–Crippen LogP) is 8.08. The van der Waals surface area contributed by atoms with Crippen LogP contribution in [0.15, 0.2) is 24.3 Å². The van der Waals surface area contributed by atoms with Crippen LogP contribution in [0.3, 0.4) is 0 Å². The van der Waals surface area contributed by atoms with Crippen LogP contribution in [0.1, 0.15) is 124 Å². The maximum Gasteiger partial charge on any atom is 0.303 e. The molecule has 0 saturated heterocycles. The molecule has 0 aromatic carbocycles. The van der Waals surface area contributed by atoms with E-state index < -0.39 is 5.97 Å². The van der Waals surface area contributed by atoms with E-state index in [0.29, 0.717) is 11.8 Å². The number of carbonyl (C=O) groups is 1. The van der Waals surface area contributed by atoms with E-state index in [9.17, 15) is 9.90 Å². The van der Waals surface area contributed by atoms with E-state index in [4.69, 9.17) is 5.11 Å². The van der Waals surface area contributed by atoms with Gasteiger partial charge < -0.3 is 10.2 Å². The fourth-order valence-electron chi connectivity index (χ4n) is 5.25. The van der Waals surface area contributed by atoms with E-state index in [0.717, 1.165) is 38.0 Å². The van der Waals surface area contributed by atoms with E-state index in [1.807, 2.05) is 0 Å². The van der Waals surface area contributed by atoms with Gasteiger partial charge in [-0.05, 0) is 74.5 Å². The summed E-state index contributed by atoms with van der Waals surface area (Å²) >= 11 is 0. The van der Waals surface area contributed by atoms with Gasteiger partial charge >= 0.3 is 5.97 Å². The number of fused-ring (bicyclic) bond motifs is 2. The fraction of sp³-hybridized carbons (Fsp3) is 0.821. The van der Waals surface area contributed by atoms with E-state index >= 15 is 0 Å². The Morgan fingerprint density at radius 3 is 1.94 bits per heavy atom. The minimum atomic E-state index is -0.671. The van der Waals surface area contributed by atoms with Crippen molar-refractivity contribution in [1.82, 2.24) is 0 Å². The Kier molecular flexibility index (Phi) is 13.4. The van der Waals surface area contributed by atoms with Gasteiger partial charge in [-0.15, -0.1) is 0 Å². The van der Waals surface area contributed by atoms with Crippen molar-refractivity contribution in [3.63, 3.8) is 0 Å². The summed E-state index contributed by atoms with van der Waals surface area (Å²) in [5, 5.41) is 18.3. The zero-order chi connectivity index (χ0) is 23.2. The van der Waals surface area contributed by atoms with E-state index in [1.54, 1.807) is 0 Å². The van der Waals surface area contributed by atoms with Crippen molar-refractivity contribution in [3.8, 4) is 0 Å². The molecule has 0 heterocycles. The van der Waals surface area contributed by atoms with Crippen LogP contribution in [0, 0.1) is 16.7 Å². The van der Waals surface area contributed by atoms with E-state index in [1.165, 1.54) is 57.8 Å². The second-order valence-corrected chi connectivity index (χ2v) is 10.5. The molecule has 3 heteroatoms. The van der Waals surface area contributed by atoms with Gasteiger partial charge in [0, 0.05) is 6.42 Å². The second-order valence-electron chi connectivity index (χ2n) is 10.5. The van der Waals surface area contributed by atoms with Crippen LogP contribution in [0.4, 0.5) is 0 Å². The molecule has 3 atom stereocenters. The molecule has 180 valence electrons. The zero-order valence-electron chi connectivity index (χ0n) is 20.9. The Morgan fingerprint density at radius 1 is 0.903 bits per heavy atom. The molecule has 0 aromatic heterocycles. The van der Waals surface area contributed by atoms with Crippen molar-refractivity contribution in [2.24, 2.45) is 16.7 Å². The van der Waals surface area contributed by atoms with Crippen LogP contribution < -0.4 is 0 Å². The first-order valence-corrected chi connectivity index (χ1v) is 13.0. The van der Waals surface area contributed by atoms with Crippen molar-refractivity contribution in [2.75, 3.05) is 0 Å². The topological polar surface area (TPSA) is 57.5 Å². The fourth-order valence-corrected chi connectivity index (χ4v) is 5.25. The molecule has 3 nitrogen and oxygen atoms in total. The van der Waals surface area contributed by atoms with Crippen LogP contribution in [-0.4, -0.2) is 22.3 Å². The third-order valence-electron chi connectivity index (χ3n) is 8.09. The molecule has 2 N–H and O–H groups in total. The van der Waals surface area contributed by atoms with Crippen molar-refractivity contribution in [1.29, 1.82) is 0 Å². The molecule has 0 amide bonds. The number of hydrogen-bond acceptors (Lipinski definition) is 2. The molecule has 2 fully saturated rings. The Labute approximate surface area is 192 Å². The lowest BCUT2D eigenvalue weighted by Gasteiger charge is -2.36. The van der Waals surface area contributed by atoms with Crippen molar-refractivity contribution >= 4 is 5.97 Å². The average Bonchev–Trinajstić information content (AvgIpc) is 3.04. The minimum Gasteiger partial charge on any atom is -0.481 e. The first-order valence-electron chi connectivity index (χ1n) is 13.0. The van der Waals surface area contributed by atoms with Gasteiger partial charge in [0.2, 0.25) is 0 Å². The number of carboxylic acids is 1. The number of rotatable bonds is 14. The zero-order valence-corrected chi connectivity index (χ0v) is 20.9. The van der Waals surface area contributed by atoms with Gasteiger partial charge in [-0.1, -0.05) is 84.1 Å². The van der Waals surface area contributed by atoms with Crippen LogP contribution in [0.25, 0.3) is 0 Å². The third-order valence-corrected chi connectivity index (χ3v) is 8.09. The average molecular weight is 435 g/mol. The lowest BCUT2D eigenvalue weighted by Crippen LogP contribution is -2.35. The summed E-state index contributed by atoms with van der Waals surface area (Å²) in [6, 6.07) is 0. The molecule has 31 heavy (non-hydrogen) atoms. The Hall–Kier alpha value is -1.09. The first-order chi connectivity index (χ1) is 14.8. The van der Waals surface area contributed by atoms with Gasteiger partial charge in [0.1, 0.15) is 0 Å². The molecule has 0 aromatic rings. The number of unbranched alkanes of at least 4 members (excludes halogenated alkanes) is 8. The van der Waals surface area contributed by atoms with E-state index in [-0.39, 0.29) is 11.5 Å². The smallest absolute Gasteiger partial charge is 0.303 e. The molecular formula is C28H50O3. The summed E-state index contributed by atoms with van der Waals surface area (Å²) in [5.74, 6) is 0.109. The number of aliphatic hydroxyl groups is 1. The van der Waals surface area contributed by atoms with Gasteiger partial charge in [0.15, 0.2) is 0 Å². The van der Waals surface area contributed by atoms with Gasteiger partial charge in [-0.3, -0.25) is 4.79 Å². The summed E-state index contributed by atoms with van der Waals surface area (Å²) in [5.41, 5.74) is 0.601. The number of hydrogen-bond donors (Lipinski definition) is 2. The van der Waals surface area contributed by atoms with Gasteiger partial charge in [0.25, 0.3) is 0 Å². The molecule has 0 radical (unpaired) electrons. The minimum absolute atomic E-state index is 0.0313. The Morgan fingerprint density at radius 2 is 1.48 bits per heavy atom. The number of allylic oxidation sites excluding steroid dienone is 4. The summed E-state index contributed by atoms with van der Waals surface area (Å²) in [7, 11) is 0. The highest BCUT2D eigenvalue weighted by molar-refractivity contribution is 5.66. The van der Waals surface area contributed by atoms with Crippen molar-refractivity contribution < 1.29 is 15.0 Å². The highest BCUT2D eigenvalue weighted by Gasteiger charge is 2.60. The number of aliphatic carboxylic acids is 1. The quantitative estimate of drug-likeness (QED) is 0.214. The van der Waals surface area contributed by atoms with Gasteiger partial charge in [-0.25, -0.2) is 0 Å². The van der Waals surface area contributed by atoms with Crippen molar-refractivity contribution in [2.45, 2.75) is 130 Å². The van der Waals surface area contributed by atoms with Gasteiger partial charge in [-0.2, -0.15) is 0 Å². The van der Waals surface area contributed by atoms with Gasteiger partial charge in [0.05, 0.1) is 6.10 Å². The van der Waals surface area contributed by atoms with Crippen molar-refractivity contribution in [3.05, 3.63) is 24.3 Å². The Bertz CT molecular complexity index is 548. The molecule has 2 rings (SSSR count). The highest BCUT2D eigenvalue weighted by atomic mass is 16.4. The SMILES string of the molecule is CC1(C)C2CCC1(C)C(O)C2.CCCCC/C=C\C/C=C\CCCCCCCC(=O)O. The summed E-state index contributed by atoms with van der Waals surface area (Å²) in [4.78, 5) is 10.3. The molecular weight excluding hydrogens is 384 g/mol. The first kappa shape index (κ1) is 27.9. The summed E-state index contributed by atoms with van der Waals surface area (Å²) < 4.78 is 0. The second kappa shape index (κ2) is 14.9. The van der Waals surface area contributed by atoms with Crippen LogP contribution in [-0.2, 0) is 4.79 Å². The van der Waals surface area contributed by atoms with Crippen LogP contribution >= 0.6 is 0 Å². The third kappa shape index (κ3) is 9.51. The maximum absolute atomic E-state index is 10.3. The molecule has 2 bridgehead atoms. The molecule has 2 aliphatic rings. The molecule has 0 aliphatic heterocycles. The monoisotopic (exact) mass is 434 g/mol. The standard InChI is InChI=1S/C18H32O2.C10H18O/c1-2-3-4-5-6-7-8-9-10-11-12-13-14-15-16-17-18(19)20;1-9(2)7-4-5-10(9,3)8(11)6-7/h6-7,9-10H,2-5,8,11-17H2,1H3,(H,19,20);7-8,11H,4-6H2,1-3H3/b7-6-,10-9-;.